The predicted molar refractivity (Wildman–Crippen MR) is 165 cm³/mol. The first-order chi connectivity index (χ1) is 21.9. The highest BCUT2D eigenvalue weighted by Gasteiger charge is 2.52. The Labute approximate surface area is 260 Å². The third-order valence-electron chi connectivity index (χ3n) is 9.26. The summed E-state index contributed by atoms with van der Waals surface area (Å²) in [5.41, 5.74) is 2.38. The summed E-state index contributed by atoms with van der Waals surface area (Å²) in [6, 6.07) is 21.1. The van der Waals surface area contributed by atoms with Crippen molar-refractivity contribution in [1.82, 2.24) is 4.98 Å². The Morgan fingerprint density at radius 1 is 0.978 bits per heavy atom. The van der Waals surface area contributed by atoms with E-state index in [-0.39, 0.29) is 28.7 Å². The van der Waals surface area contributed by atoms with Gasteiger partial charge >= 0.3 is 18.9 Å². The number of ether oxygens (including phenoxy) is 1. The topological polar surface area (TPSA) is 118 Å². The lowest BCUT2D eigenvalue weighted by Crippen LogP contribution is -3.20. The molecule has 0 amide bonds. The van der Waals surface area contributed by atoms with Gasteiger partial charge in [-0.05, 0) is 60.0 Å². The first kappa shape index (κ1) is 28.9. The van der Waals surface area contributed by atoms with E-state index < -0.39 is 25.0 Å². The van der Waals surface area contributed by atoms with Crippen molar-refractivity contribution in [2.75, 3.05) is 20.2 Å². The quantitative estimate of drug-likeness (QED) is 0.264. The Morgan fingerprint density at radius 3 is 2.24 bits per heavy atom. The molecular formula is C34H33BN2O8. The van der Waals surface area contributed by atoms with Crippen LogP contribution in [-0.4, -0.2) is 55.2 Å². The Kier molecular flexibility index (Phi) is 7.43. The van der Waals surface area contributed by atoms with E-state index in [2.05, 4.69) is 17.6 Å². The van der Waals surface area contributed by atoms with Crippen molar-refractivity contribution in [3.63, 3.8) is 0 Å². The number of piperidine rings is 3. The minimum absolute atomic E-state index is 0.251. The van der Waals surface area contributed by atoms with E-state index in [4.69, 9.17) is 23.4 Å². The summed E-state index contributed by atoms with van der Waals surface area (Å²) in [7, 11) is 1.67. The molecule has 45 heavy (non-hydrogen) atoms. The molecule has 1 aromatic heterocycles. The highest BCUT2D eigenvalue weighted by molar-refractivity contribution is 6.61. The lowest BCUT2D eigenvalue weighted by Gasteiger charge is -2.47. The normalized spacial score (nSPS) is 24.4. The van der Waals surface area contributed by atoms with Gasteiger partial charge in [0.15, 0.2) is 0 Å². The predicted octanol–water partition coefficient (Wildman–Crippen LogP) is 3.68. The van der Waals surface area contributed by atoms with Crippen molar-refractivity contribution < 1.29 is 42.9 Å². The van der Waals surface area contributed by atoms with Gasteiger partial charge in [-0.3, -0.25) is 14.6 Å². The number of benzene rings is 3. The van der Waals surface area contributed by atoms with Gasteiger partial charge in [0.05, 0.1) is 48.3 Å². The molecule has 3 saturated heterocycles. The first-order valence-electron chi connectivity index (χ1n) is 15.1. The number of pyridine rings is 1. The van der Waals surface area contributed by atoms with Crippen molar-refractivity contribution >= 4 is 29.8 Å². The maximum absolute atomic E-state index is 12.0. The number of aliphatic hydroxyl groups is 1. The van der Waals surface area contributed by atoms with Gasteiger partial charge in [0, 0.05) is 30.3 Å². The number of methoxy groups -OCH3 is 1. The van der Waals surface area contributed by atoms with Gasteiger partial charge in [0.2, 0.25) is 0 Å². The van der Waals surface area contributed by atoms with Gasteiger partial charge < -0.3 is 33.4 Å². The highest BCUT2D eigenvalue weighted by atomic mass is 16.9. The Bertz CT molecular complexity index is 1730. The molecule has 6 heterocycles. The van der Waals surface area contributed by atoms with E-state index in [1.165, 1.54) is 11.3 Å². The number of rotatable bonds is 4. The maximum atomic E-state index is 12.0. The van der Waals surface area contributed by atoms with Crippen LogP contribution in [-0.2, 0) is 9.31 Å². The molecule has 4 aromatic rings. The van der Waals surface area contributed by atoms with E-state index in [9.17, 15) is 14.7 Å². The minimum atomic E-state index is -2.97. The second-order valence-corrected chi connectivity index (χ2v) is 11.7. The van der Waals surface area contributed by atoms with Crippen LogP contribution < -0.4 is 18.9 Å². The molecule has 5 atom stereocenters. The number of nitrogens with zero attached hydrogens (tertiary/aromatic N) is 1. The van der Waals surface area contributed by atoms with Crippen LogP contribution in [0.25, 0.3) is 10.9 Å². The molecule has 0 aliphatic carbocycles. The summed E-state index contributed by atoms with van der Waals surface area (Å²) in [4.78, 5) is 30.0. The number of carbonyl (C=O) groups excluding carboxylic acids is 2. The molecule has 1 spiro atoms. The zero-order valence-electron chi connectivity index (χ0n) is 24.8. The summed E-state index contributed by atoms with van der Waals surface area (Å²) in [6.07, 6.45) is 5.76. The Morgan fingerprint density at radius 2 is 1.64 bits per heavy atom. The molecule has 230 valence electrons. The molecule has 2 bridgehead atoms. The zero-order valence-corrected chi connectivity index (χ0v) is 24.8. The molecule has 5 aliphatic heterocycles. The monoisotopic (exact) mass is 608 g/mol. The first-order valence-corrected chi connectivity index (χ1v) is 15.1. The molecule has 0 saturated carbocycles. The molecule has 11 heteroatoms. The van der Waals surface area contributed by atoms with Crippen molar-refractivity contribution in [2.24, 2.45) is 11.8 Å². The summed E-state index contributed by atoms with van der Waals surface area (Å²) in [6.45, 7) is 3.28. The lowest BCUT2D eigenvalue weighted by atomic mass is 9.73. The van der Waals surface area contributed by atoms with Crippen LogP contribution in [0.15, 0.2) is 91.6 Å². The summed E-state index contributed by atoms with van der Waals surface area (Å²) >= 11 is 0. The Balaban J connectivity index is 0.000000146. The van der Waals surface area contributed by atoms with E-state index >= 15 is 0 Å². The zero-order chi connectivity index (χ0) is 31.1. The summed E-state index contributed by atoms with van der Waals surface area (Å²) in [5.74, 6) is 1.25. The van der Waals surface area contributed by atoms with Crippen molar-refractivity contribution in [2.45, 2.75) is 25.0 Å². The fourth-order valence-electron chi connectivity index (χ4n) is 6.98. The van der Waals surface area contributed by atoms with E-state index in [1.54, 1.807) is 61.8 Å². The fourth-order valence-corrected chi connectivity index (χ4v) is 6.98. The SMILES string of the molecule is C=C[C@H]1C[NH+]2CC[C@H]1C[C@H]2[C@H](O)c1ccnc2ccc(OC)cc12.O=C1O[B-]2(OC(=O)c3ccccc3O2)Oc2ccccc21. The number of quaternary nitrogens is 1. The largest absolute Gasteiger partial charge is 0.781 e. The van der Waals surface area contributed by atoms with Crippen LogP contribution in [0.5, 0.6) is 17.2 Å². The minimum Gasteiger partial charge on any atom is -0.610 e. The van der Waals surface area contributed by atoms with Crippen LogP contribution in [0.2, 0.25) is 0 Å². The second kappa shape index (κ2) is 11.6. The molecule has 3 fully saturated rings. The molecule has 5 aliphatic rings. The lowest BCUT2D eigenvalue weighted by molar-refractivity contribution is -0.949. The molecule has 9 rings (SSSR count). The average Bonchev–Trinajstić information content (AvgIpc) is 3.07. The molecule has 1 unspecified atom stereocenters. The maximum Gasteiger partial charge on any atom is 0.781 e. The van der Waals surface area contributed by atoms with Crippen LogP contribution in [0.3, 0.4) is 0 Å². The van der Waals surface area contributed by atoms with Crippen LogP contribution in [0.4, 0.5) is 0 Å². The number of carbonyl (C=O) groups is 2. The van der Waals surface area contributed by atoms with Crippen molar-refractivity contribution in [3.8, 4) is 17.2 Å². The number of nitrogens with one attached hydrogen (secondary N) is 1. The van der Waals surface area contributed by atoms with Gasteiger partial charge in [-0.1, -0.05) is 30.3 Å². The number of aliphatic hydroxyl groups excluding tert-OH is 1. The van der Waals surface area contributed by atoms with Crippen molar-refractivity contribution in [1.29, 1.82) is 0 Å². The van der Waals surface area contributed by atoms with Gasteiger partial charge in [-0.2, -0.15) is 0 Å². The van der Waals surface area contributed by atoms with Crippen LogP contribution >= 0.6 is 0 Å². The molecular weight excluding hydrogens is 575 g/mol. The van der Waals surface area contributed by atoms with E-state index in [0.29, 0.717) is 11.8 Å². The van der Waals surface area contributed by atoms with Gasteiger partial charge in [0.25, 0.3) is 0 Å². The van der Waals surface area contributed by atoms with Crippen molar-refractivity contribution in [3.05, 3.63) is 108 Å². The second-order valence-electron chi connectivity index (χ2n) is 11.7. The average molecular weight is 608 g/mol. The standard InChI is InChI=1S/C20H24N2O2.C14H8BO6/c1-3-13-12-22-9-7-14(13)10-19(22)20(23)16-6-8-21-18-5-4-15(24-2)11-17(16)18;16-13-9-5-1-3-7-11(9)18-15(20-13)19-12-8-4-2-6-10(12)14(17)21-15/h3-6,8,11,13-14,19-20,23H,1,7,9-10,12H2,2H3;1-8H/q;-1/p+1/t13-,14-,19-,20+;/m0./s1. The van der Waals surface area contributed by atoms with Crippen LogP contribution in [0.1, 0.15) is 45.2 Å². The van der Waals surface area contributed by atoms with Gasteiger partial charge in [-0.15, -0.1) is 6.58 Å². The number of fused-ring (bicyclic) bond motifs is 6. The van der Waals surface area contributed by atoms with E-state index in [1.807, 2.05) is 24.3 Å². The molecule has 3 aromatic carbocycles. The molecule has 2 N–H and O–H groups in total. The fraction of sp³-hybridized carbons (Fsp3) is 0.265. The summed E-state index contributed by atoms with van der Waals surface area (Å²) in [5, 5.41) is 12.2. The van der Waals surface area contributed by atoms with E-state index in [0.717, 1.165) is 41.7 Å². The molecule has 0 radical (unpaired) electrons. The number of hydrogen-bond acceptors (Lipinski definition) is 9. The highest BCUT2D eigenvalue weighted by Crippen LogP contribution is 2.37. The van der Waals surface area contributed by atoms with Gasteiger partial charge in [0.1, 0.15) is 17.9 Å². The Hall–Kier alpha value is -4.87. The van der Waals surface area contributed by atoms with Crippen LogP contribution in [0, 0.1) is 11.8 Å². The van der Waals surface area contributed by atoms with Gasteiger partial charge in [-0.25, -0.2) is 0 Å². The summed E-state index contributed by atoms with van der Waals surface area (Å²) < 4.78 is 26.6. The number of para-hydroxylation sites is 2. The smallest absolute Gasteiger partial charge is 0.610 e. The third-order valence-corrected chi connectivity index (χ3v) is 9.26. The molecule has 10 nitrogen and oxygen atoms in total. The number of hydrogen-bond donors (Lipinski definition) is 2. The number of aromatic nitrogens is 1. The third kappa shape index (κ3) is 5.28.